The quantitative estimate of drug-likeness (QED) is 0.772. The molecule has 3 rings (SSSR count). The van der Waals surface area contributed by atoms with Crippen molar-refractivity contribution in [1.29, 1.82) is 0 Å². The largest absolute Gasteiger partial charge is 0.473 e. The topological polar surface area (TPSA) is 59.3 Å². The molecule has 1 aliphatic carbocycles. The molecule has 1 aromatic carbocycles. The van der Waals surface area contributed by atoms with Crippen LogP contribution in [0.2, 0.25) is 0 Å². The van der Waals surface area contributed by atoms with Gasteiger partial charge in [-0.3, -0.25) is 0 Å². The van der Waals surface area contributed by atoms with Crippen molar-refractivity contribution in [2.24, 2.45) is 5.92 Å². The van der Waals surface area contributed by atoms with E-state index in [1.165, 1.54) is 19.3 Å². The first-order valence-corrected chi connectivity index (χ1v) is 9.32. The third-order valence-electron chi connectivity index (χ3n) is 5.03. The lowest BCUT2D eigenvalue weighted by atomic mass is 9.84. The van der Waals surface area contributed by atoms with Gasteiger partial charge in [-0.25, -0.2) is 4.68 Å². The van der Waals surface area contributed by atoms with Crippen molar-refractivity contribution in [2.45, 2.75) is 51.3 Å². The van der Waals surface area contributed by atoms with E-state index < -0.39 is 0 Å². The monoisotopic (exact) mass is 343 g/mol. The van der Waals surface area contributed by atoms with Gasteiger partial charge < -0.3 is 15.2 Å². The predicted molar refractivity (Wildman–Crippen MR) is 98.5 cm³/mol. The van der Waals surface area contributed by atoms with Gasteiger partial charge in [-0.15, -0.1) is 0 Å². The SMILES string of the molecule is CNCc1cc(OCc2ccccc2)n(C(CO)C2CCCCC2)n1. The van der Waals surface area contributed by atoms with E-state index in [9.17, 15) is 5.11 Å². The Labute approximate surface area is 150 Å². The average molecular weight is 343 g/mol. The molecule has 1 fully saturated rings. The third kappa shape index (κ3) is 4.61. The number of hydrogen-bond acceptors (Lipinski definition) is 4. The Morgan fingerprint density at radius 2 is 2.00 bits per heavy atom. The normalized spacial score (nSPS) is 16.7. The molecule has 0 bridgehead atoms. The summed E-state index contributed by atoms with van der Waals surface area (Å²) in [5.41, 5.74) is 2.07. The van der Waals surface area contributed by atoms with Crippen LogP contribution in [0.15, 0.2) is 36.4 Å². The first kappa shape index (κ1) is 18.0. The van der Waals surface area contributed by atoms with Crippen molar-refractivity contribution in [1.82, 2.24) is 15.1 Å². The number of ether oxygens (including phenoxy) is 1. The lowest BCUT2D eigenvalue weighted by Crippen LogP contribution is -2.26. The Morgan fingerprint density at radius 1 is 1.24 bits per heavy atom. The molecule has 1 aliphatic rings. The summed E-state index contributed by atoms with van der Waals surface area (Å²) >= 11 is 0. The van der Waals surface area contributed by atoms with E-state index in [0.717, 1.165) is 30.0 Å². The molecule has 136 valence electrons. The standard InChI is InChI=1S/C20H29N3O2/c1-21-13-18-12-20(25-15-16-8-4-2-5-9-16)23(22-18)19(14-24)17-10-6-3-7-11-17/h2,4-5,8-9,12,17,19,21,24H,3,6-7,10-11,13-15H2,1H3. The Bertz CT molecular complexity index is 636. The van der Waals surface area contributed by atoms with E-state index in [0.29, 0.717) is 19.1 Å². The lowest BCUT2D eigenvalue weighted by molar-refractivity contribution is 0.128. The molecule has 0 aliphatic heterocycles. The van der Waals surface area contributed by atoms with E-state index >= 15 is 0 Å². The van der Waals surface area contributed by atoms with Gasteiger partial charge >= 0.3 is 0 Å². The van der Waals surface area contributed by atoms with Crippen molar-refractivity contribution in [3.05, 3.63) is 47.7 Å². The van der Waals surface area contributed by atoms with Gasteiger partial charge in [-0.1, -0.05) is 49.6 Å². The molecule has 0 amide bonds. The Hall–Kier alpha value is -1.85. The average Bonchev–Trinajstić information content (AvgIpc) is 3.05. The summed E-state index contributed by atoms with van der Waals surface area (Å²) in [4.78, 5) is 0. The fraction of sp³-hybridized carbons (Fsp3) is 0.550. The second kappa shape index (κ2) is 9.02. The van der Waals surface area contributed by atoms with Gasteiger partial charge in [0.1, 0.15) is 6.61 Å². The molecule has 0 saturated heterocycles. The smallest absolute Gasteiger partial charge is 0.212 e. The summed E-state index contributed by atoms with van der Waals surface area (Å²) in [6.07, 6.45) is 6.10. The van der Waals surface area contributed by atoms with Gasteiger partial charge in [0.2, 0.25) is 5.88 Å². The summed E-state index contributed by atoms with van der Waals surface area (Å²) in [5, 5.41) is 17.9. The van der Waals surface area contributed by atoms with Gasteiger partial charge in [0, 0.05) is 12.6 Å². The van der Waals surface area contributed by atoms with Crippen LogP contribution in [0.4, 0.5) is 0 Å². The molecule has 1 saturated carbocycles. The van der Waals surface area contributed by atoms with Crippen LogP contribution in [-0.4, -0.2) is 28.5 Å². The molecule has 1 heterocycles. The van der Waals surface area contributed by atoms with Crippen LogP contribution >= 0.6 is 0 Å². The van der Waals surface area contributed by atoms with Crippen molar-refractivity contribution in [2.75, 3.05) is 13.7 Å². The molecule has 2 N–H and O–H groups in total. The summed E-state index contributed by atoms with van der Waals surface area (Å²) in [6, 6.07) is 12.1. The van der Waals surface area contributed by atoms with Crippen molar-refractivity contribution in [3.8, 4) is 5.88 Å². The van der Waals surface area contributed by atoms with Crippen LogP contribution in [-0.2, 0) is 13.2 Å². The van der Waals surface area contributed by atoms with E-state index in [2.05, 4.69) is 17.4 Å². The highest BCUT2D eigenvalue weighted by Crippen LogP contribution is 2.35. The molecule has 1 aromatic heterocycles. The van der Waals surface area contributed by atoms with E-state index in [1.54, 1.807) is 0 Å². The number of aliphatic hydroxyl groups excluding tert-OH is 1. The van der Waals surface area contributed by atoms with E-state index in [-0.39, 0.29) is 12.6 Å². The molecule has 1 atom stereocenters. The number of rotatable bonds is 8. The van der Waals surface area contributed by atoms with Crippen molar-refractivity contribution in [3.63, 3.8) is 0 Å². The van der Waals surface area contributed by atoms with Crippen LogP contribution in [0.5, 0.6) is 5.88 Å². The van der Waals surface area contributed by atoms with Crippen molar-refractivity contribution < 1.29 is 9.84 Å². The highest BCUT2D eigenvalue weighted by Gasteiger charge is 2.28. The van der Waals surface area contributed by atoms with Gasteiger partial charge in [-0.05, 0) is 31.4 Å². The molecule has 5 heteroatoms. The lowest BCUT2D eigenvalue weighted by Gasteiger charge is -2.30. The predicted octanol–water partition coefficient (Wildman–Crippen LogP) is 3.30. The zero-order chi connectivity index (χ0) is 17.5. The molecule has 2 aromatic rings. The minimum atomic E-state index is -0.00307. The fourth-order valence-electron chi connectivity index (χ4n) is 3.71. The summed E-state index contributed by atoms with van der Waals surface area (Å²) in [6.45, 7) is 1.30. The van der Waals surface area contributed by atoms with Crippen LogP contribution < -0.4 is 10.1 Å². The zero-order valence-corrected chi connectivity index (χ0v) is 15.0. The summed E-state index contributed by atoms with van der Waals surface area (Å²) < 4.78 is 8.01. The maximum Gasteiger partial charge on any atom is 0.212 e. The van der Waals surface area contributed by atoms with Crippen LogP contribution in [0.1, 0.15) is 49.4 Å². The van der Waals surface area contributed by atoms with Crippen LogP contribution in [0.3, 0.4) is 0 Å². The molecular formula is C20H29N3O2. The number of nitrogens with zero attached hydrogens (tertiary/aromatic N) is 2. The zero-order valence-electron chi connectivity index (χ0n) is 15.0. The minimum absolute atomic E-state index is 0.00307. The summed E-state index contributed by atoms with van der Waals surface area (Å²) in [7, 11) is 1.91. The highest BCUT2D eigenvalue weighted by molar-refractivity contribution is 5.19. The second-order valence-corrected chi connectivity index (χ2v) is 6.87. The number of benzene rings is 1. The Kier molecular flexibility index (Phi) is 6.48. The molecule has 5 nitrogen and oxygen atoms in total. The van der Waals surface area contributed by atoms with Gasteiger partial charge in [0.15, 0.2) is 0 Å². The first-order valence-electron chi connectivity index (χ1n) is 9.32. The molecule has 0 radical (unpaired) electrons. The van der Waals surface area contributed by atoms with Gasteiger partial charge in [-0.2, -0.15) is 5.10 Å². The van der Waals surface area contributed by atoms with Crippen molar-refractivity contribution >= 4 is 0 Å². The maximum atomic E-state index is 10.0. The molecule has 0 spiro atoms. The molecule has 25 heavy (non-hydrogen) atoms. The Morgan fingerprint density at radius 3 is 2.68 bits per heavy atom. The Balaban J connectivity index is 1.80. The second-order valence-electron chi connectivity index (χ2n) is 6.87. The minimum Gasteiger partial charge on any atom is -0.473 e. The highest BCUT2D eigenvalue weighted by atomic mass is 16.5. The molecular weight excluding hydrogens is 314 g/mol. The van der Waals surface area contributed by atoms with Crippen LogP contribution in [0, 0.1) is 5.92 Å². The van der Waals surface area contributed by atoms with E-state index in [1.807, 2.05) is 36.0 Å². The third-order valence-corrected chi connectivity index (χ3v) is 5.03. The number of hydrogen-bond donors (Lipinski definition) is 2. The first-order chi connectivity index (χ1) is 12.3. The number of aliphatic hydroxyl groups is 1. The number of aromatic nitrogens is 2. The van der Waals surface area contributed by atoms with Gasteiger partial charge in [0.25, 0.3) is 0 Å². The number of nitrogens with one attached hydrogen (secondary N) is 1. The fourth-order valence-corrected chi connectivity index (χ4v) is 3.71. The molecule has 1 unspecified atom stereocenters. The summed E-state index contributed by atoms with van der Waals surface area (Å²) in [5.74, 6) is 1.22. The van der Waals surface area contributed by atoms with E-state index in [4.69, 9.17) is 9.84 Å². The van der Waals surface area contributed by atoms with Gasteiger partial charge in [0.05, 0.1) is 18.3 Å². The maximum absolute atomic E-state index is 10.0. The van der Waals surface area contributed by atoms with Crippen LogP contribution in [0.25, 0.3) is 0 Å².